The Kier molecular flexibility index (Phi) is 4.42. The van der Waals surface area contributed by atoms with Crippen LogP contribution in [0.25, 0.3) is 0 Å². The van der Waals surface area contributed by atoms with E-state index in [0.717, 1.165) is 19.4 Å². The van der Waals surface area contributed by atoms with E-state index in [2.05, 4.69) is 36.3 Å². The van der Waals surface area contributed by atoms with Crippen LogP contribution in [0.5, 0.6) is 0 Å². The average molecular weight is 282 g/mol. The van der Waals surface area contributed by atoms with Crippen molar-refractivity contribution in [1.82, 2.24) is 15.1 Å². The molecule has 2 aliphatic rings. The first-order valence-corrected chi connectivity index (χ1v) is 7.71. The summed E-state index contributed by atoms with van der Waals surface area (Å²) in [5.74, 6) is 0.200. The minimum atomic E-state index is -0.550. The first-order chi connectivity index (χ1) is 9.36. The van der Waals surface area contributed by atoms with E-state index in [1.54, 1.807) is 0 Å². The quantitative estimate of drug-likeness (QED) is 0.670. The summed E-state index contributed by atoms with van der Waals surface area (Å²) < 4.78 is 0. The van der Waals surface area contributed by atoms with Crippen LogP contribution in [0.4, 0.5) is 0 Å². The summed E-state index contributed by atoms with van der Waals surface area (Å²) in [5, 5.41) is 3.23. The average Bonchev–Trinajstić information content (AvgIpc) is 3.14. The lowest BCUT2D eigenvalue weighted by molar-refractivity contribution is -0.126. The molecule has 0 radical (unpaired) electrons. The van der Waals surface area contributed by atoms with E-state index in [4.69, 9.17) is 5.73 Å². The molecule has 0 aromatic rings. The van der Waals surface area contributed by atoms with Crippen LogP contribution >= 0.6 is 0 Å². The Morgan fingerprint density at radius 3 is 2.25 bits per heavy atom. The maximum absolute atomic E-state index is 12.0. The summed E-state index contributed by atoms with van der Waals surface area (Å²) in [7, 11) is 8.30. The molecule has 0 aromatic heterocycles. The van der Waals surface area contributed by atoms with Crippen LogP contribution in [0, 0.1) is 5.92 Å². The Labute approximate surface area is 122 Å². The van der Waals surface area contributed by atoms with Crippen LogP contribution in [0.2, 0.25) is 0 Å². The van der Waals surface area contributed by atoms with Gasteiger partial charge in [0.15, 0.2) is 0 Å². The SMILES string of the molecule is CNC(CN(C)CC1(N(C)C)CCC1)(C(N)=O)C1CC1. The van der Waals surface area contributed by atoms with Crippen molar-refractivity contribution in [3.63, 3.8) is 0 Å². The fraction of sp³-hybridized carbons (Fsp3) is 0.933. The third-order valence-corrected chi connectivity index (χ3v) is 5.48. The van der Waals surface area contributed by atoms with E-state index in [0.29, 0.717) is 12.5 Å². The zero-order valence-electron chi connectivity index (χ0n) is 13.4. The molecule has 5 nitrogen and oxygen atoms in total. The van der Waals surface area contributed by atoms with Gasteiger partial charge in [-0.25, -0.2) is 0 Å². The first kappa shape index (κ1) is 15.7. The third kappa shape index (κ3) is 2.71. The fourth-order valence-electron chi connectivity index (χ4n) is 3.71. The highest BCUT2D eigenvalue weighted by atomic mass is 16.1. The zero-order valence-corrected chi connectivity index (χ0v) is 13.4. The highest BCUT2D eigenvalue weighted by Crippen LogP contribution is 2.41. The predicted molar refractivity (Wildman–Crippen MR) is 81.5 cm³/mol. The van der Waals surface area contributed by atoms with Gasteiger partial charge in [0.05, 0.1) is 0 Å². The second-order valence-electron chi connectivity index (χ2n) is 7.00. The van der Waals surface area contributed by atoms with E-state index in [9.17, 15) is 4.79 Å². The maximum atomic E-state index is 12.0. The van der Waals surface area contributed by atoms with Crippen molar-refractivity contribution >= 4 is 5.91 Å². The summed E-state index contributed by atoms with van der Waals surface area (Å²) in [5.41, 5.74) is 5.44. The molecule has 2 rings (SSSR count). The van der Waals surface area contributed by atoms with Gasteiger partial charge >= 0.3 is 0 Å². The van der Waals surface area contributed by atoms with E-state index >= 15 is 0 Å². The molecule has 0 saturated heterocycles. The summed E-state index contributed by atoms with van der Waals surface area (Å²) in [6, 6.07) is 0. The molecule has 1 atom stereocenters. The Bertz CT molecular complexity index is 363. The van der Waals surface area contributed by atoms with Crippen molar-refractivity contribution < 1.29 is 4.79 Å². The van der Waals surface area contributed by atoms with Crippen LogP contribution in [0.3, 0.4) is 0 Å². The molecular weight excluding hydrogens is 252 g/mol. The van der Waals surface area contributed by atoms with Gasteiger partial charge < -0.3 is 20.9 Å². The third-order valence-electron chi connectivity index (χ3n) is 5.48. The lowest BCUT2D eigenvalue weighted by Crippen LogP contribution is -2.64. The van der Waals surface area contributed by atoms with Gasteiger partial charge in [-0.1, -0.05) is 0 Å². The van der Waals surface area contributed by atoms with Crippen molar-refractivity contribution in [3.8, 4) is 0 Å². The van der Waals surface area contributed by atoms with Gasteiger partial charge in [-0.05, 0) is 66.2 Å². The molecule has 5 heteroatoms. The molecule has 1 amide bonds. The topological polar surface area (TPSA) is 61.6 Å². The van der Waals surface area contributed by atoms with Gasteiger partial charge in [-0.15, -0.1) is 0 Å². The number of nitrogens with one attached hydrogen (secondary N) is 1. The number of nitrogens with two attached hydrogens (primary N) is 1. The molecule has 0 aliphatic heterocycles. The summed E-state index contributed by atoms with van der Waals surface area (Å²) in [6.07, 6.45) is 6.02. The van der Waals surface area contributed by atoms with Gasteiger partial charge in [0.25, 0.3) is 0 Å². The van der Waals surface area contributed by atoms with Crippen LogP contribution in [0.1, 0.15) is 32.1 Å². The number of primary amides is 1. The van der Waals surface area contributed by atoms with Gasteiger partial charge in [0.2, 0.25) is 5.91 Å². The highest BCUT2D eigenvalue weighted by molar-refractivity contribution is 5.85. The van der Waals surface area contributed by atoms with Crippen LogP contribution in [-0.2, 0) is 4.79 Å². The number of carbonyl (C=O) groups is 1. The molecule has 2 saturated carbocycles. The number of likely N-dealkylation sites (N-methyl/N-ethyl adjacent to an activating group) is 3. The Morgan fingerprint density at radius 2 is 1.95 bits per heavy atom. The van der Waals surface area contributed by atoms with E-state index in [-0.39, 0.29) is 11.4 Å². The van der Waals surface area contributed by atoms with Crippen molar-refractivity contribution in [3.05, 3.63) is 0 Å². The summed E-state index contributed by atoms with van der Waals surface area (Å²) in [4.78, 5) is 16.6. The summed E-state index contributed by atoms with van der Waals surface area (Å²) >= 11 is 0. The minimum Gasteiger partial charge on any atom is -0.368 e. The second kappa shape index (κ2) is 5.62. The van der Waals surface area contributed by atoms with Crippen LogP contribution in [0.15, 0.2) is 0 Å². The molecular formula is C15H30N4O. The summed E-state index contributed by atoms with van der Waals surface area (Å²) in [6.45, 7) is 1.71. The lowest BCUT2D eigenvalue weighted by atomic mass is 9.75. The number of nitrogens with zero attached hydrogens (tertiary/aromatic N) is 2. The molecule has 0 aromatic carbocycles. The number of amides is 1. The smallest absolute Gasteiger partial charge is 0.239 e. The Balaban J connectivity index is 2.02. The molecule has 2 fully saturated rings. The second-order valence-corrected chi connectivity index (χ2v) is 7.00. The fourth-order valence-corrected chi connectivity index (χ4v) is 3.71. The van der Waals surface area contributed by atoms with Crippen molar-refractivity contribution in [2.75, 3.05) is 41.3 Å². The monoisotopic (exact) mass is 282 g/mol. The lowest BCUT2D eigenvalue weighted by Gasteiger charge is -2.50. The maximum Gasteiger partial charge on any atom is 0.239 e. The van der Waals surface area contributed by atoms with Crippen molar-refractivity contribution in [2.45, 2.75) is 43.2 Å². The number of carbonyl (C=O) groups excluding carboxylic acids is 1. The van der Waals surface area contributed by atoms with Crippen molar-refractivity contribution in [1.29, 1.82) is 0 Å². The largest absolute Gasteiger partial charge is 0.368 e. The molecule has 20 heavy (non-hydrogen) atoms. The standard InChI is InChI=1S/C15H30N4O/c1-17-15(13(16)20,12-6-7-12)11-19(4)10-14(18(2)3)8-5-9-14/h12,17H,5-11H2,1-4H3,(H2,16,20). The van der Waals surface area contributed by atoms with Gasteiger partial charge in [0.1, 0.15) is 5.54 Å². The molecule has 1 unspecified atom stereocenters. The Hall–Kier alpha value is -0.650. The van der Waals surface area contributed by atoms with Gasteiger partial charge in [-0.2, -0.15) is 0 Å². The van der Waals surface area contributed by atoms with E-state index in [1.165, 1.54) is 19.3 Å². The van der Waals surface area contributed by atoms with Gasteiger partial charge in [-0.3, -0.25) is 4.79 Å². The normalized spacial score (nSPS) is 24.5. The van der Waals surface area contributed by atoms with Crippen molar-refractivity contribution in [2.24, 2.45) is 11.7 Å². The predicted octanol–water partition coefficient (Wildman–Crippen LogP) is 0.256. The van der Waals surface area contributed by atoms with Crippen LogP contribution < -0.4 is 11.1 Å². The Morgan fingerprint density at radius 1 is 1.35 bits per heavy atom. The zero-order chi connectivity index (χ0) is 15.0. The number of rotatable bonds is 8. The minimum absolute atomic E-state index is 0.207. The van der Waals surface area contributed by atoms with Crippen LogP contribution in [-0.4, -0.2) is 68.1 Å². The van der Waals surface area contributed by atoms with E-state index in [1.807, 2.05) is 7.05 Å². The molecule has 2 aliphatic carbocycles. The molecule has 0 spiro atoms. The molecule has 0 heterocycles. The number of hydrogen-bond acceptors (Lipinski definition) is 4. The van der Waals surface area contributed by atoms with Gasteiger partial charge in [0, 0.05) is 18.6 Å². The number of hydrogen-bond donors (Lipinski definition) is 2. The van der Waals surface area contributed by atoms with E-state index < -0.39 is 5.54 Å². The molecule has 0 bridgehead atoms. The molecule has 3 N–H and O–H groups in total. The molecule has 116 valence electrons. The highest BCUT2D eigenvalue weighted by Gasteiger charge is 2.50. The first-order valence-electron chi connectivity index (χ1n) is 7.71.